The number of ether oxygens (including phenoxy) is 1. The molecule has 0 radical (unpaired) electrons. The molecule has 2 aromatic heterocycles. The van der Waals surface area contributed by atoms with Crippen molar-refractivity contribution in [3.8, 4) is 29.7 Å². The van der Waals surface area contributed by atoms with Crippen LogP contribution in [-0.2, 0) is 0 Å². The summed E-state index contributed by atoms with van der Waals surface area (Å²) in [6, 6.07) is 10.9. The van der Waals surface area contributed by atoms with E-state index in [9.17, 15) is 0 Å². The zero-order chi connectivity index (χ0) is 16.9. The van der Waals surface area contributed by atoms with Gasteiger partial charge in [0.25, 0.3) is 0 Å². The lowest BCUT2D eigenvalue weighted by Gasteiger charge is -2.03. The Morgan fingerprint density at radius 2 is 1.96 bits per heavy atom. The third-order valence-corrected chi connectivity index (χ3v) is 3.25. The van der Waals surface area contributed by atoms with E-state index < -0.39 is 0 Å². The molecule has 0 aliphatic carbocycles. The van der Waals surface area contributed by atoms with E-state index in [4.69, 9.17) is 10.00 Å². The minimum absolute atomic E-state index is 0.471. The maximum Gasteiger partial charge on any atom is 0.238 e. The fraction of sp³-hybridized carbons (Fsp3) is 0.111. The number of methoxy groups -OCH3 is 1. The molecule has 0 aliphatic heterocycles. The largest absolute Gasteiger partial charge is 0.481 e. The standard InChI is InChI=1S/C18H13N5O/c1-13-21-16(7-6-14-4-3-5-15(10-14)11-19)12-23(13)18-20-9-8-17(22-18)24-2/h3-5,8-10,12H,1-2H3. The molecule has 0 saturated heterocycles. The number of aromatic nitrogens is 4. The Hall–Kier alpha value is -3.64. The fourth-order valence-electron chi connectivity index (χ4n) is 2.10. The van der Waals surface area contributed by atoms with Gasteiger partial charge in [-0.2, -0.15) is 10.2 Å². The molecule has 0 spiro atoms. The predicted molar refractivity (Wildman–Crippen MR) is 87.6 cm³/mol. The van der Waals surface area contributed by atoms with E-state index in [2.05, 4.69) is 32.9 Å². The van der Waals surface area contributed by atoms with E-state index in [0.717, 1.165) is 11.4 Å². The van der Waals surface area contributed by atoms with Crippen LogP contribution in [0, 0.1) is 30.1 Å². The van der Waals surface area contributed by atoms with Crippen molar-refractivity contribution in [2.45, 2.75) is 6.92 Å². The lowest BCUT2D eigenvalue weighted by molar-refractivity contribution is 0.396. The first-order valence-corrected chi connectivity index (χ1v) is 7.15. The van der Waals surface area contributed by atoms with Gasteiger partial charge in [-0.3, -0.25) is 4.57 Å². The molecule has 3 rings (SSSR count). The molecule has 0 fully saturated rings. The molecule has 0 amide bonds. The van der Waals surface area contributed by atoms with Crippen LogP contribution in [0.25, 0.3) is 5.95 Å². The average Bonchev–Trinajstić information content (AvgIpc) is 3.01. The second kappa shape index (κ2) is 6.64. The summed E-state index contributed by atoms with van der Waals surface area (Å²) in [5.74, 6) is 7.67. The summed E-state index contributed by atoms with van der Waals surface area (Å²) < 4.78 is 6.86. The van der Waals surface area contributed by atoms with Crippen LogP contribution in [0.15, 0.2) is 42.7 Å². The monoisotopic (exact) mass is 315 g/mol. The summed E-state index contributed by atoms with van der Waals surface area (Å²) >= 11 is 0. The third-order valence-electron chi connectivity index (χ3n) is 3.25. The quantitative estimate of drug-likeness (QED) is 0.678. The first-order valence-electron chi connectivity index (χ1n) is 7.15. The maximum absolute atomic E-state index is 8.92. The molecule has 6 heteroatoms. The summed E-state index contributed by atoms with van der Waals surface area (Å²) in [4.78, 5) is 12.9. The number of hydrogen-bond acceptors (Lipinski definition) is 5. The molecule has 2 heterocycles. The van der Waals surface area contributed by atoms with E-state index in [0.29, 0.717) is 23.1 Å². The van der Waals surface area contributed by atoms with Crippen molar-refractivity contribution in [2.24, 2.45) is 0 Å². The maximum atomic E-state index is 8.92. The molecule has 0 aliphatic rings. The first-order chi connectivity index (χ1) is 11.7. The lowest BCUT2D eigenvalue weighted by Crippen LogP contribution is -2.02. The van der Waals surface area contributed by atoms with Gasteiger partial charge in [-0.25, -0.2) is 9.97 Å². The van der Waals surface area contributed by atoms with Gasteiger partial charge >= 0.3 is 0 Å². The van der Waals surface area contributed by atoms with Gasteiger partial charge < -0.3 is 4.74 Å². The van der Waals surface area contributed by atoms with Crippen LogP contribution in [0.4, 0.5) is 0 Å². The van der Waals surface area contributed by atoms with Gasteiger partial charge in [-0.1, -0.05) is 12.0 Å². The molecule has 3 aromatic rings. The van der Waals surface area contributed by atoms with Crippen LogP contribution in [0.1, 0.15) is 22.6 Å². The Morgan fingerprint density at radius 3 is 2.75 bits per heavy atom. The Bertz CT molecular complexity index is 988. The molecule has 0 atom stereocenters. The van der Waals surface area contributed by atoms with Crippen molar-refractivity contribution >= 4 is 0 Å². The minimum Gasteiger partial charge on any atom is -0.481 e. The molecule has 0 bridgehead atoms. The highest BCUT2D eigenvalue weighted by Crippen LogP contribution is 2.11. The number of rotatable bonds is 2. The van der Waals surface area contributed by atoms with Crippen LogP contribution < -0.4 is 4.74 Å². The van der Waals surface area contributed by atoms with Crippen molar-refractivity contribution in [1.29, 1.82) is 5.26 Å². The number of nitrogens with zero attached hydrogens (tertiary/aromatic N) is 5. The van der Waals surface area contributed by atoms with Crippen LogP contribution in [-0.4, -0.2) is 26.6 Å². The Labute approximate surface area is 139 Å². The number of hydrogen-bond donors (Lipinski definition) is 0. The van der Waals surface area contributed by atoms with Crippen molar-refractivity contribution in [1.82, 2.24) is 19.5 Å². The van der Waals surface area contributed by atoms with Crippen molar-refractivity contribution < 1.29 is 4.74 Å². The number of nitriles is 1. The summed E-state index contributed by atoms with van der Waals surface area (Å²) in [5.41, 5.74) is 1.94. The zero-order valence-electron chi connectivity index (χ0n) is 13.2. The molecule has 0 saturated carbocycles. The molecular weight excluding hydrogens is 302 g/mol. The molecule has 6 nitrogen and oxygen atoms in total. The Balaban J connectivity index is 1.92. The van der Waals surface area contributed by atoms with E-state index in [1.54, 1.807) is 48.3 Å². The highest BCUT2D eigenvalue weighted by molar-refractivity contribution is 5.44. The van der Waals surface area contributed by atoms with Gasteiger partial charge in [0, 0.05) is 24.0 Å². The second-order valence-electron chi connectivity index (χ2n) is 4.88. The topological polar surface area (TPSA) is 76.6 Å². The van der Waals surface area contributed by atoms with Crippen LogP contribution in [0.5, 0.6) is 5.88 Å². The molecule has 116 valence electrons. The van der Waals surface area contributed by atoms with Crippen molar-refractivity contribution in [2.75, 3.05) is 7.11 Å². The van der Waals surface area contributed by atoms with Gasteiger partial charge in [-0.15, -0.1) is 0 Å². The second-order valence-corrected chi connectivity index (χ2v) is 4.88. The number of aryl methyl sites for hydroxylation is 1. The summed E-state index contributed by atoms with van der Waals surface area (Å²) in [6.07, 6.45) is 3.39. The highest BCUT2D eigenvalue weighted by Gasteiger charge is 2.08. The molecular formula is C18H13N5O. The highest BCUT2D eigenvalue weighted by atomic mass is 16.5. The van der Waals surface area contributed by atoms with Gasteiger partial charge in [0.2, 0.25) is 11.8 Å². The van der Waals surface area contributed by atoms with Gasteiger partial charge in [-0.05, 0) is 31.0 Å². The Kier molecular flexibility index (Phi) is 4.22. The van der Waals surface area contributed by atoms with E-state index in [-0.39, 0.29) is 0 Å². The number of imidazole rings is 1. The summed E-state index contributed by atoms with van der Waals surface area (Å²) in [5, 5.41) is 8.92. The van der Waals surface area contributed by atoms with Crippen LogP contribution in [0.2, 0.25) is 0 Å². The molecule has 24 heavy (non-hydrogen) atoms. The van der Waals surface area contributed by atoms with Gasteiger partial charge in [0.1, 0.15) is 11.5 Å². The SMILES string of the molecule is COc1ccnc(-n2cc(C#Cc3cccc(C#N)c3)nc2C)n1. The van der Waals surface area contributed by atoms with Gasteiger partial charge in [0.05, 0.1) is 18.7 Å². The molecule has 1 aromatic carbocycles. The average molecular weight is 315 g/mol. The smallest absolute Gasteiger partial charge is 0.238 e. The summed E-state index contributed by atoms with van der Waals surface area (Å²) in [7, 11) is 1.55. The predicted octanol–water partition coefficient (Wildman–Crippen LogP) is 2.25. The minimum atomic E-state index is 0.471. The summed E-state index contributed by atoms with van der Waals surface area (Å²) in [6.45, 7) is 1.85. The van der Waals surface area contributed by atoms with Gasteiger partial charge in [0.15, 0.2) is 0 Å². The normalized spacial score (nSPS) is 9.71. The number of benzene rings is 1. The van der Waals surface area contributed by atoms with E-state index >= 15 is 0 Å². The third kappa shape index (κ3) is 3.23. The fourth-order valence-corrected chi connectivity index (χ4v) is 2.10. The lowest BCUT2D eigenvalue weighted by atomic mass is 10.1. The van der Waals surface area contributed by atoms with Crippen LogP contribution >= 0.6 is 0 Å². The Morgan fingerprint density at radius 1 is 1.12 bits per heavy atom. The first kappa shape index (κ1) is 15.3. The molecule has 0 unspecified atom stereocenters. The van der Waals surface area contributed by atoms with Crippen molar-refractivity contribution in [3.63, 3.8) is 0 Å². The van der Waals surface area contributed by atoms with Crippen molar-refractivity contribution in [3.05, 3.63) is 65.4 Å². The van der Waals surface area contributed by atoms with E-state index in [1.165, 1.54) is 0 Å². The molecule has 0 N–H and O–H groups in total. The van der Waals surface area contributed by atoms with E-state index in [1.807, 2.05) is 13.0 Å². The van der Waals surface area contributed by atoms with Crippen LogP contribution in [0.3, 0.4) is 0 Å². The zero-order valence-corrected chi connectivity index (χ0v) is 13.2.